The van der Waals surface area contributed by atoms with Gasteiger partial charge in [0.1, 0.15) is 0 Å². The lowest BCUT2D eigenvalue weighted by atomic mass is 9.97. The Morgan fingerprint density at radius 1 is 1.15 bits per heavy atom. The molecule has 1 aromatic carbocycles. The second-order valence-electron chi connectivity index (χ2n) is 5.40. The van der Waals surface area contributed by atoms with Gasteiger partial charge in [0.15, 0.2) is 0 Å². The summed E-state index contributed by atoms with van der Waals surface area (Å²) in [6, 6.07) is 11.5. The molecule has 0 bridgehead atoms. The van der Waals surface area contributed by atoms with E-state index < -0.39 is 0 Å². The van der Waals surface area contributed by atoms with Crippen molar-refractivity contribution in [2.45, 2.75) is 46.1 Å². The van der Waals surface area contributed by atoms with Crippen LogP contribution in [0.1, 0.15) is 47.4 Å². The van der Waals surface area contributed by atoms with Gasteiger partial charge in [-0.25, -0.2) is 0 Å². The molecule has 0 fully saturated rings. The summed E-state index contributed by atoms with van der Waals surface area (Å²) in [7, 11) is 0. The number of thiophene rings is 1. The first-order valence-corrected chi connectivity index (χ1v) is 8.42. The molecule has 1 aromatic heterocycles. The second kappa shape index (κ2) is 7.61. The van der Waals surface area contributed by atoms with E-state index in [1.807, 2.05) is 11.3 Å². The summed E-state index contributed by atoms with van der Waals surface area (Å²) < 4.78 is 0. The van der Waals surface area contributed by atoms with Gasteiger partial charge in [-0.3, -0.25) is 0 Å². The molecule has 0 spiro atoms. The third-order valence-electron chi connectivity index (χ3n) is 3.88. The van der Waals surface area contributed by atoms with Crippen LogP contribution in [-0.4, -0.2) is 6.54 Å². The van der Waals surface area contributed by atoms with Gasteiger partial charge in [0.05, 0.1) is 0 Å². The number of hydrogen-bond acceptors (Lipinski definition) is 2. The first-order valence-electron chi connectivity index (χ1n) is 7.54. The van der Waals surface area contributed by atoms with Crippen molar-refractivity contribution in [1.29, 1.82) is 0 Å². The largest absolute Gasteiger partial charge is 0.310 e. The maximum atomic E-state index is 3.71. The highest BCUT2D eigenvalue weighted by Crippen LogP contribution is 2.26. The van der Waals surface area contributed by atoms with Crippen LogP contribution in [0.25, 0.3) is 0 Å². The Bertz CT molecular complexity index is 530. The molecule has 2 rings (SSSR count). The summed E-state index contributed by atoms with van der Waals surface area (Å²) in [4.78, 5) is 1.45. The third-order valence-corrected chi connectivity index (χ3v) is 4.74. The Morgan fingerprint density at radius 3 is 2.60 bits per heavy atom. The fraction of sp³-hybridized carbons (Fsp3) is 0.444. The maximum absolute atomic E-state index is 3.71. The highest BCUT2D eigenvalue weighted by Gasteiger charge is 2.14. The van der Waals surface area contributed by atoms with Gasteiger partial charge in [0.25, 0.3) is 0 Å². The molecule has 108 valence electrons. The molecule has 0 aliphatic rings. The first kappa shape index (κ1) is 15.3. The summed E-state index contributed by atoms with van der Waals surface area (Å²) in [5, 5.41) is 5.92. The molecule has 1 unspecified atom stereocenters. The molecule has 1 N–H and O–H groups in total. The lowest BCUT2D eigenvalue weighted by molar-refractivity contribution is 0.498. The molecule has 2 aromatic rings. The zero-order valence-corrected chi connectivity index (χ0v) is 13.6. The molecular formula is C18H25NS. The summed E-state index contributed by atoms with van der Waals surface area (Å²) in [6.45, 7) is 7.76. The molecule has 0 amide bonds. The fourth-order valence-corrected chi connectivity index (χ4v) is 3.40. The zero-order chi connectivity index (χ0) is 14.4. The van der Waals surface area contributed by atoms with E-state index in [-0.39, 0.29) is 0 Å². The maximum Gasteiger partial charge on any atom is 0.0334 e. The highest BCUT2D eigenvalue weighted by atomic mass is 32.1. The normalized spacial score (nSPS) is 12.6. The van der Waals surface area contributed by atoms with Crippen molar-refractivity contribution in [3.05, 3.63) is 57.3 Å². The van der Waals surface area contributed by atoms with E-state index in [9.17, 15) is 0 Å². The van der Waals surface area contributed by atoms with Crippen LogP contribution in [0.5, 0.6) is 0 Å². The second-order valence-corrected chi connectivity index (χ2v) is 6.52. The van der Waals surface area contributed by atoms with Crippen LogP contribution >= 0.6 is 11.3 Å². The molecule has 0 saturated carbocycles. The number of nitrogens with one attached hydrogen (secondary N) is 1. The Hall–Kier alpha value is -1.12. The Labute approximate surface area is 127 Å². The summed E-state index contributed by atoms with van der Waals surface area (Å²) >= 11 is 1.85. The molecule has 2 heteroatoms. The van der Waals surface area contributed by atoms with E-state index in [0.29, 0.717) is 6.04 Å². The zero-order valence-electron chi connectivity index (χ0n) is 12.8. The number of hydrogen-bond donors (Lipinski definition) is 1. The van der Waals surface area contributed by atoms with Crippen LogP contribution in [0.2, 0.25) is 0 Å². The molecule has 1 atom stereocenters. The van der Waals surface area contributed by atoms with Crippen molar-refractivity contribution in [3.8, 4) is 0 Å². The number of benzene rings is 1. The van der Waals surface area contributed by atoms with Crippen LogP contribution in [0.15, 0.2) is 35.7 Å². The standard InChI is InChI=1S/C18H25NS/c1-4-12-19-18(17-11-13-20-15(17)3)10-9-16-8-6-5-7-14(16)2/h5-8,11,13,18-19H,4,9-10,12H2,1-3H3. The van der Waals surface area contributed by atoms with Crippen LogP contribution in [0.3, 0.4) is 0 Å². The average Bonchev–Trinajstić information content (AvgIpc) is 2.87. The Kier molecular flexibility index (Phi) is 5.81. The van der Waals surface area contributed by atoms with Gasteiger partial charge in [0.2, 0.25) is 0 Å². The highest BCUT2D eigenvalue weighted by molar-refractivity contribution is 7.10. The van der Waals surface area contributed by atoms with E-state index in [1.54, 1.807) is 0 Å². The number of rotatable bonds is 7. The van der Waals surface area contributed by atoms with Gasteiger partial charge < -0.3 is 5.32 Å². The monoisotopic (exact) mass is 287 g/mol. The smallest absolute Gasteiger partial charge is 0.0334 e. The minimum absolute atomic E-state index is 0.487. The van der Waals surface area contributed by atoms with Gasteiger partial charge in [-0.2, -0.15) is 0 Å². The Balaban J connectivity index is 2.05. The predicted octanol–water partition coefficient (Wildman–Crippen LogP) is 5.04. The van der Waals surface area contributed by atoms with E-state index in [0.717, 1.165) is 13.0 Å². The van der Waals surface area contributed by atoms with Crippen LogP contribution in [0, 0.1) is 13.8 Å². The number of aryl methyl sites for hydroxylation is 3. The predicted molar refractivity (Wildman–Crippen MR) is 89.6 cm³/mol. The molecule has 0 aliphatic heterocycles. The topological polar surface area (TPSA) is 12.0 Å². The minimum atomic E-state index is 0.487. The first-order chi connectivity index (χ1) is 9.72. The lowest BCUT2D eigenvalue weighted by Gasteiger charge is -2.19. The summed E-state index contributed by atoms with van der Waals surface area (Å²) in [6.07, 6.45) is 3.50. The lowest BCUT2D eigenvalue weighted by Crippen LogP contribution is -2.23. The van der Waals surface area contributed by atoms with Crippen LogP contribution in [-0.2, 0) is 6.42 Å². The fourth-order valence-electron chi connectivity index (χ4n) is 2.63. The van der Waals surface area contributed by atoms with Gasteiger partial charge in [-0.05, 0) is 67.8 Å². The van der Waals surface area contributed by atoms with E-state index in [2.05, 4.69) is 61.8 Å². The molecule has 1 nitrogen and oxygen atoms in total. The minimum Gasteiger partial charge on any atom is -0.310 e. The van der Waals surface area contributed by atoms with Crippen molar-refractivity contribution in [2.24, 2.45) is 0 Å². The van der Waals surface area contributed by atoms with Crippen LogP contribution < -0.4 is 5.32 Å². The quantitative estimate of drug-likeness (QED) is 0.752. The van der Waals surface area contributed by atoms with E-state index in [4.69, 9.17) is 0 Å². The molecule has 0 aliphatic carbocycles. The van der Waals surface area contributed by atoms with Crippen molar-refractivity contribution < 1.29 is 0 Å². The Morgan fingerprint density at radius 2 is 1.95 bits per heavy atom. The van der Waals surface area contributed by atoms with Gasteiger partial charge in [-0.1, -0.05) is 31.2 Å². The molecule has 0 radical (unpaired) electrons. The SMILES string of the molecule is CCCNC(CCc1ccccc1C)c1ccsc1C. The molecular weight excluding hydrogens is 262 g/mol. The average molecular weight is 287 g/mol. The van der Waals surface area contributed by atoms with Gasteiger partial charge >= 0.3 is 0 Å². The molecule has 0 saturated heterocycles. The van der Waals surface area contributed by atoms with Crippen LogP contribution in [0.4, 0.5) is 0 Å². The molecule has 20 heavy (non-hydrogen) atoms. The summed E-state index contributed by atoms with van der Waals surface area (Å²) in [5.74, 6) is 0. The van der Waals surface area contributed by atoms with Gasteiger partial charge in [0, 0.05) is 10.9 Å². The van der Waals surface area contributed by atoms with Crippen molar-refractivity contribution >= 4 is 11.3 Å². The van der Waals surface area contributed by atoms with E-state index >= 15 is 0 Å². The van der Waals surface area contributed by atoms with Crippen molar-refractivity contribution in [1.82, 2.24) is 5.32 Å². The van der Waals surface area contributed by atoms with Crippen molar-refractivity contribution in [2.75, 3.05) is 6.54 Å². The van der Waals surface area contributed by atoms with Crippen molar-refractivity contribution in [3.63, 3.8) is 0 Å². The van der Waals surface area contributed by atoms with Gasteiger partial charge in [-0.15, -0.1) is 11.3 Å². The van der Waals surface area contributed by atoms with E-state index in [1.165, 1.54) is 34.4 Å². The molecule has 1 heterocycles. The third kappa shape index (κ3) is 3.94. The summed E-state index contributed by atoms with van der Waals surface area (Å²) in [5.41, 5.74) is 4.37.